The molecule has 0 unspecified atom stereocenters. The second-order valence-electron chi connectivity index (χ2n) is 5.74. The molecule has 0 radical (unpaired) electrons. The van der Waals surface area contributed by atoms with Crippen molar-refractivity contribution in [2.24, 2.45) is 0 Å². The van der Waals surface area contributed by atoms with E-state index < -0.39 is 0 Å². The highest BCUT2D eigenvalue weighted by molar-refractivity contribution is 5.96. The molecule has 3 rings (SSSR count). The van der Waals surface area contributed by atoms with Crippen molar-refractivity contribution in [3.8, 4) is 11.1 Å². The summed E-state index contributed by atoms with van der Waals surface area (Å²) in [5.41, 5.74) is 3.39. The van der Waals surface area contributed by atoms with Gasteiger partial charge in [0.15, 0.2) is 0 Å². The van der Waals surface area contributed by atoms with Gasteiger partial charge in [0.25, 0.3) is 0 Å². The highest BCUT2D eigenvalue weighted by atomic mass is 16.2. The third-order valence-corrected chi connectivity index (χ3v) is 4.28. The average molecular weight is 291 g/mol. The Bertz CT molecular complexity index is 645. The fraction of sp³-hybridized carbons (Fsp3) is 0.250. The highest BCUT2D eigenvalue weighted by Crippen LogP contribution is 2.31. The zero-order chi connectivity index (χ0) is 15.4. The van der Waals surface area contributed by atoms with Gasteiger partial charge in [-0.3, -0.25) is 4.79 Å². The van der Waals surface area contributed by atoms with Crippen molar-refractivity contribution >= 4 is 11.6 Å². The average Bonchev–Trinajstić information content (AvgIpc) is 2.94. The van der Waals surface area contributed by atoms with E-state index in [2.05, 4.69) is 43.0 Å². The number of nitrogens with zero attached hydrogens (tertiary/aromatic N) is 1. The van der Waals surface area contributed by atoms with Gasteiger partial charge < -0.3 is 4.90 Å². The number of anilines is 1. The first kappa shape index (κ1) is 14.6. The summed E-state index contributed by atoms with van der Waals surface area (Å²) in [7, 11) is 0. The molecule has 22 heavy (non-hydrogen) atoms. The minimum Gasteiger partial charge on any atom is -0.309 e. The largest absolute Gasteiger partial charge is 0.309 e. The smallest absolute Gasteiger partial charge is 0.227 e. The van der Waals surface area contributed by atoms with Gasteiger partial charge in [-0.1, -0.05) is 48.5 Å². The van der Waals surface area contributed by atoms with Crippen molar-refractivity contribution in [2.75, 3.05) is 4.90 Å². The van der Waals surface area contributed by atoms with Crippen LogP contribution in [0.3, 0.4) is 0 Å². The Balaban J connectivity index is 1.82. The van der Waals surface area contributed by atoms with Gasteiger partial charge in [0.1, 0.15) is 0 Å². The molecule has 0 saturated carbocycles. The number of hydrogen-bond acceptors (Lipinski definition) is 1. The Hall–Kier alpha value is -2.35. The molecule has 0 aliphatic carbocycles. The molecular formula is C20H21NO. The van der Waals surface area contributed by atoms with Gasteiger partial charge in [0.2, 0.25) is 5.91 Å². The van der Waals surface area contributed by atoms with Crippen molar-refractivity contribution in [1.29, 1.82) is 0 Å². The van der Waals surface area contributed by atoms with Crippen LogP contribution in [0.4, 0.5) is 5.69 Å². The van der Waals surface area contributed by atoms with Gasteiger partial charge in [-0.25, -0.2) is 0 Å². The zero-order valence-corrected chi connectivity index (χ0v) is 12.7. The Morgan fingerprint density at radius 1 is 1.05 bits per heavy atom. The molecule has 1 saturated heterocycles. The summed E-state index contributed by atoms with van der Waals surface area (Å²) in [5, 5.41) is 0. The molecule has 1 heterocycles. The first-order chi connectivity index (χ1) is 10.8. The van der Waals surface area contributed by atoms with Crippen LogP contribution >= 0.6 is 0 Å². The van der Waals surface area contributed by atoms with E-state index in [0.29, 0.717) is 12.5 Å². The number of carbonyl (C=O) groups excluding carboxylic acids is 1. The molecule has 0 aromatic heterocycles. The van der Waals surface area contributed by atoms with Crippen LogP contribution in [0, 0.1) is 0 Å². The lowest BCUT2D eigenvalue weighted by molar-refractivity contribution is -0.117. The van der Waals surface area contributed by atoms with Crippen LogP contribution in [-0.2, 0) is 4.79 Å². The van der Waals surface area contributed by atoms with E-state index in [1.54, 1.807) is 0 Å². The van der Waals surface area contributed by atoms with E-state index in [4.69, 9.17) is 0 Å². The Kier molecular flexibility index (Phi) is 4.38. The molecule has 1 amide bonds. The molecule has 0 spiro atoms. The van der Waals surface area contributed by atoms with Gasteiger partial charge in [0.05, 0.1) is 0 Å². The zero-order valence-electron chi connectivity index (χ0n) is 12.7. The Morgan fingerprint density at radius 2 is 1.73 bits per heavy atom. The fourth-order valence-electron chi connectivity index (χ4n) is 3.13. The topological polar surface area (TPSA) is 20.3 Å². The predicted molar refractivity (Wildman–Crippen MR) is 91.8 cm³/mol. The summed E-state index contributed by atoms with van der Waals surface area (Å²) in [6.07, 6.45) is 5.49. The summed E-state index contributed by atoms with van der Waals surface area (Å²) in [6.45, 7) is 3.78. The van der Waals surface area contributed by atoms with Crippen molar-refractivity contribution in [1.82, 2.24) is 0 Å². The molecule has 2 nitrogen and oxygen atoms in total. The molecular weight excluding hydrogens is 270 g/mol. The number of benzene rings is 2. The second kappa shape index (κ2) is 6.61. The number of rotatable bonds is 5. The van der Waals surface area contributed by atoms with Crippen LogP contribution < -0.4 is 4.90 Å². The van der Waals surface area contributed by atoms with E-state index in [9.17, 15) is 4.79 Å². The number of carbonyl (C=O) groups is 1. The normalized spacial score (nSPS) is 17.7. The minimum absolute atomic E-state index is 0.238. The molecule has 2 aromatic rings. The van der Waals surface area contributed by atoms with Gasteiger partial charge >= 0.3 is 0 Å². The van der Waals surface area contributed by atoms with E-state index in [1.807, 2.05) is 29.2 Å². The SMILES string of the molecule is C=CCC[C@@H]1CCC(=O)N1c1ccc(-c2ccccc2)cc1. The summed E-state index contributed by atoms with van der Waals surface area (Å²) in [5.74, 6) is 0.238. The van der Waals surface area contributed by atoms with E-state index in [1.165, 1.54) is 11.1 Å². The summed E-state index contributed by atoms with van der Waals surface area (Å²) < 4.78 is 0. The van der Waals surface area contributed by atoms with E-state index in [-0.39, 0.29) is 5.91 Å². The van der Waals surface area contributed by atoms with Gasteiger partial charge in [-0.15, -0.1) is 6.58 Å². The van der Waals surface area contributed by atoms with Gasteiger partial charge in [0, 0.05) is 18.2 Å². The molecule has 1 fully saturated rings. The number of amides is 1. The standard InChI is InChI=1S/C20H21NO/c1-2-3-9-18-14-15-20(22)21(18)19-12-10-17(11-13-19)16-7-5-4-6-8-16/h2,4-8,10-13,18H,1,3,9,14-15H2/t18-/m1/s1. The summed E-state index contributed by atoms with van der Waals surface area (Å²) in [6, 6.07) is 18.9. The van der Waals surface area contributed by atoms with Crippen LogP contribution in [0.5, 0.6) is 0 Å². The molecule has 1 aliphatic rings. The summed E-state index contributed by atoms with van der Waals surface area (Å²) in [4.78, 5) is 14.2. The van der Waals surface area contributed by atoms with Crippen LogP contribution in [-0.4, -0.2) is 11.9 Å². The van der Waals surface area contributed by atoms with E-state index in [0.717, 1.165) is 24.9 Å². The molecule has 1 atom stereocenters. The maximum absolute atomic E-state index is 12.2. The number of allylic oxidation sites excluding steroid dienone is 1. The van der Waals surface area contributed by atoms with Crippen molar-refractivity contribution in [3.05, 3.63) is 67.3 Å². The molecule has 0 bridgehead atoms. The van der Waals surface area contributed by atoms with E-state index >= 15 is 0 Å². The predicted octanol–water partition coefficient (Wildman–Crippen LogP) is 4.82. The van der Waals surface area contributed by atoms with Crippen molar-refractivity contribution < 1.29 is 4.79 Å². The van der Waals surface area contributed by atoms with Crippen molar-refractivity contribution in [2.45, 2.75) is 31.7 Å². The van der Waals surface area contributed by atoms with Crippen LogP contribution in [0.2, 0.25) is 0 Å². The lowest BCUT2D eigenvalue weighted by atomic mass is 10.0. The lowest BCUT2D eigenvalue weighted by Crippen LogP contribution is -2.32. The quantitative estimate of drug-likeness (QED) is 0.724. The van der Waals surface area contributed by atoms with Crippen molar-refractivity contribution in [3.63, 3.8) is 0 Å². The van der Waals surface area contributed by atoms with Crippen LogP contribution in [0.1, 0.15) is 25.7 Å². The number of hydrogen-bond donors (Lipinski definition) is 0. The first-order valence-corrected chi connectivity index (χ1v) is 7.88. The second-order valence-corrected chi connectivity index (χ2v) is 5.74. The molecule has 1 aliphatic heterocycles. The Labute approximate surface area is 132 Å². The third-order valence-electron chi connectivity index (χ3n) is 4.28. The maximum atomic E-state index is 12.2. The van der Waals surface area contributed by atoms with Crippen LogP contribution in [0.15, 0.2) is 67.3 Å². The molecule has 2 aromatic carbocycles. The van der Waals surface area contributed by atoms with Crippen LogP contribution in [0.25, 0.3) is 11.1 Å². The third kappa shape index (κ3) is 2.96. The molecule has 2 heteroatoms. The minimum atomic E-state index is 0.238. The summed E-state index contributed by atoms with van der Waals surface area (Å²) >= 11 is 0. The van der Waals surface area contributed by atoms with Gasteiger partial charge in [-0.05, 0) is 42.5 Å². The molecule has 0 N–H and O–H groups in total. The maximum Gasteiger partial charge on any atom is 0.227 e. The first-order valence-electron chi connectivity index (χ1n) is 7.88. The Morgan fingerprint density at radius 3 is 2.41 bits per heavy atom. The molecule has 112 valence electrons. The lowest BCUT2D eigenvalue weighted by Gasteiger charge is -2.25. The monoisotopic (exact) mass is 291 g/mol. The van der Waals surface area contributed by atoms with Gasteiger partial charge in [-0.2, -0.15) is 0 Å². The fourth-order valence-corrected chi connectivity index (χ4v) is 3.13. The highest BCUT2D eigenvalue weighted by Gasteiger charge is 2.31.